The van der Waals surface area contributed by atoms with Crippen molar-refractivity contribution in [2.24, 2.45) is 0 Å². The lowest BCUT2D eigenvalue weighted by molar-refractivity contribution is 0.0696. The molecule has 1 heterocycles. The summed E-state index contributed by atoms with van der Waals surface area (Å²) < 4.78 is 5.84. The molecule has 0 unspecified atom stereocenters. The summed E-state index contributed by atoms with van der Waals surface area (Å²) in [7, 11) is 0. The predicted molar refractivity (Wildman–Crippen MR) is 86.9 cm³/mol. The lowest BCUT2D eigenvalue weighted by Gasteiger charge is -2.17. The van der Waals surface area contributed by atoms with Gasteiger partial charge in [-0.15, -0.1) is 12.4 Å². The van der Waals surface area contributed by atoms with Gasteiger partial charge in [0, 0.05) is 12.1 Å². The number of aryl methyl sites for hydroxylation is 1. The van der Waals surface area contributed by atoms with Crippen molar-refractivity contribution < 1.29 is 14.6 Å². The highest BCUT2D eigenvalue weighted by Gasteiger charge is 2.20. The van der Waals surface area contributed by atoms with Gasteiger partial charge in [0.15, 0.2) is 0 Å². The van der Waals surface area contributed by atoms with E-state index in [2.05, 4.69) is 24.4 Å². The third kappa shape index (κ3) is 3.24. The number of aromatic carboxylic acids is 1. The van der Waals surface area contributed by atoms with E-state index in [0.717, 1.165) is 5.56 Å². The Hall–Kier alpha value is -2.04. The first-order chi connectivity index (χ1) is 10.1. The lowest BCUT2D eigenvalue weighted by Crippen LogP contribution is -2.24. The van der Waals surface area contributed by atoms with Crippen molar-refractivity contribution in [3.63, 3.8) is 0 Å². The van der Waals surface area contributed by atoms with Crippen molar-refractivity contribution in [3.8, 4) is 5.75 Å². The van der Waals surface area contributed by atoms with Gasteiger partial charge in [0.1, 0.15) is 12.4 Å². The van der Waals surface area contributed by atoms with Crippen LogP contribution in [0.4, 0.5) is 0 Å². The Bertz CT molecular complexity index is 687. The maximum absolute atomic E-state index is 11.0. The molecule has 2 aromatic carbocycles. The van der Waals surface area contributed by atoms with Crippen molar-refractivity contribution >= 4 is 18.4 Å². The number of nitrogens with one attached hydrogen (secondary N) is 1. The number of benzene rings is 2. The molecule has 0 bridgehead atoms. The maximum Gasteiger partial charge on any atom is 0.335 e. The quantitative estimate of drug-likeness (QED) is 0.891. The van der Waals surface area contributed by atoms with Crippen LogP contribution in [0.5, 0.6) is 5.75 Å². The molecular formula is C17H18ClNO3. The molecule has 4 nitrogen and oxygen atoms in total. The summed E-state index contributed by atoms with van der Waals surface area (Å²) >= 11 is 0. The van der Waals surface area contributed by atoms with Crippen LogP contribution in [0, 0.1) is 6.92 Å². The van der Waals surface area contributed by atoms with E-state index < -0.39 is 5.97 Å². The number of fused-ring (bicyclic) bond motifs is 1. The van der Waals surface area contributed by atoms with Crippen LogP contribution < -0.4 is 10.1 Å². The second-order valence-electron chi connectivity index (χ2n) is 5.23. The number of rotatable bonds is 2. The van der Waals surface area contributed by atoms with E-state index in [-0.39, 0.29) is 24.0 Å². The summed E-state index contributed by atoms with van der Waals surface area (Å²) in [4.78, 5) is 11.0. The lowest BCUT2D eigenvalue weighted by atomic mass is 10.0. The SMILES string of the molecule is Cc1ccccc1[C@H]1COc2cc(C(=O)O)ccc2CN1.Cl. The van der Waals surface area contributed by atoms with Crippen LogP contribution in [0.3, 0.4) is 0 Å². The van der Waals surface area contributed by atoms with Gasteiger partial charge in [0.25, 0.3) is 0 Å². The molecule has 0 spiro atoms. The first-order valence-corrected chi connectivity index (χ1v) is 6.93. The average molecular weight is 320 g/mol. The fourth-order valence-electron chi connectivity index (χ4n) is 2.61. The summed E-state index contributed by atoms with van der Waals surface area (Å²) in [6, 6.07) is 13.3. The number of carboxylic acids is 1. The second-order valence-corrected chi connectivity index (χ2v) is 5.23. The third-order valence-corrected chi connectivity index (χ3v) is 3.82. The summed E-state index contributed by atoms with van der Waals surface area (Å²) in [5.41, 5.74) is 3.67. The fraction of sp³-hybridized carbons (Fsp3) is 0.235. The number of ether oxygens (including phenoxy) is 1. The molecule has 0 amide bonds. The summed E-state index contributed by atoms with van der Waals surface area (Å²) in [6.45, 7) is 3.23. The van der Waals surface area contributed by atoms with Gasteiger partial charge in [0.05, 0.1) is 11.6 Å². The van der Waals surface area contributed by atoms with E-state index in [9.17, 15) is 4.79 Å². The van der Waals surface area contributed by atoms with Crippen LogP contribution in [0.2, 0.25) is 0 Å². The van der Waals surface area contributed by atoms with E-state index in [4.69, 9.17) is 9.84 Å². The van der Waals surface area contributed by atoms with Crippen molar-refractivity contribution in [3.05, 3.63) is 64.7 Å². The van der Waals surface area contributed by atoms with Crippen LogP contribution >= 0.6 is 12.4 Å². The molecule has 2 aromatic rings. The summed E-state index contributed by atoms with van der Waals surface area (Å²) in [5, 5.41) is 12.5. The van der Waals surface area contributed by atoms with Crippen molar-refractivity contribution in [2.75, 3.05) is 6.61 Å². The Labute approximate surface area is 135 Å². The number of carbonyl (C=O) groups is 1. The Morgan fingerprint density at radius 1 is 1.27 bits per heavy atom. The molecule has 22 heavy (non-hydrogen) atoms. The standard InChI is InChI=1S/C17H17NO3.ClH/c1-11-4-2-3-5-14(11)15-10-21-16-8-12(17(19)20)6-7-13(16)9-18-15;/h2-8,15,18H,9-10H2,1H3,(H,19,20);1H/t15-;/m1./s1. The molecule has 3 rings (SSSR count). The molecule has 0 fully saturated rings. The molecular weight excluding hydrogens is 302 g/mol. The minimum atomic E-state index is -0.936. The van der Waals surface area contributed by atoms with Gasteiger partial charge in [-0.25, -0.2) is 4.79 Å². The van der Waals surface area contributed by atoms with Crippen LogP contribution in [0.25, 0.3) is 0 Å². The number of hydrogen-bond donors (Lipinski definition) is 2. The molecule has 1 atom stereocenters. The molecule has 1 aliphatic rings. The predicted octanol–water partition coefficient (Wildman–Crippen LogP) is 3.34. The van der Waals surface area contributed by atoms with Gasteiger partial charge >= 0.3 is 5.97 Å². The van der Waals surface area contributed by atoms with E-state index in [1.807, 2.05) is 18.2 Å². The van der Waals surface area contributed by atoms with Gasteiger partial charge in [-0.05, 0) is 30.2 Å². The minimum Gasteiger partial charge on any atom is -0.491 e. The van der Waals surface area contributed by atoms with Crippen LogP contribution in [-0.2, 0) is 6.54 Å². The van der Waals surface area contributed by atoms with Crippen LogP contribution in [0.1, 0.15) is 33.1 Å². The number of halogens is 1. The smallest absolute Gasteiger partial charge is 0.335 e. The van der Waals surface area contributed by atoms with Crippen LogP contribution in [0.15, 0.2) is 42.5 Å². The molecule has 116 valence electrons. The van der Waals surface area contributed by atoms with Gasteiger partial charge in [-0.1, -0.05) is 30.3 Å². The molecule has 0 aromatic heterocycles. The highest BCUT2D eigenvalue weighted by atomic mass is 35.5. The minimum absolute atomic E-state index is 0. The van der Waals surface area contributed by atoms with Gasteiger partial charge in [0.2, 0.25) is 0 Å². The zero-order valence-electron chi connectivity index (χ0n) is 12.2. The zero-order valence-corrected chi connectivity index (χ0v) is 13.0. The molecule has 0 saturated carbocycles. The largest absolute Gasteiger partial charge is 0.491 e. The average Bonchev–Trinajstić information content (AvgIpc) is 2.69. The Morgan fingerprint density at radius 2 is 2.05 bits per heavy atom. The maximum atomic E-state index is 11.0. The highest BCUT2D eigenvalue weighted by Crippen LogP contribution is 2.27. The van der Waals surface area contributed by atoms with Crippen LogP contribution in [-0.4, -0.2) is 17.7 Å². The molecule has 2 N–H and O–H groups in total. The molecule has 0 aliphatic carbocycles. The van der Waals surface area contributed by atoms with Crippen molar-refractivity contribution in [1.29, 1.82) is 0 Å². The molecule has 0 saturated heterocycles. The summed E-state index contributed by atoms with van der Waals surface area (Å²) in [5.74, 6) is -0.285. The highest BCUT2D eigenvalue weighted by molar-refractivity contribution is 5.88. The number of hydrogen-bond acceptors (Lipinski definition) is 3. The fourth-order valence-corrected chi connectivity index (χ4v) is 2.61. The Kier molecular flexibility index (Phi) is 5.06. The van der Waals surface area contributed by atoms with E-state index in [0.29, 0.717) is 18.9 Å². The first kappa shape index (κ1) is 16.3. The first-order valence-electron chi connectivity index (χ1n) is 6.93. The second kappa shape index (κ2) is 6.81. The zero-order chi connectivity index (χ0) is 14.8. The topological polar surface area (TPSA) is 58.6 Å². The summed E-state index contributed by atoms with van der Waals surface area (Å²) in [6.07, 6.45) is 0. The van der Waals surface area contributed by atoms with E-state index >= 15 is 0 Å². The van der Waals surface area contributed by atoms with Crippen molar-refractivity contribution in [1.82, 2.24) is 5.32 Å². The normalized spacial score (nSPS) is 16.7. The van der Waals surface area contributed by atoms with Gasteiger partial charge < -0.3 is 15.2 Å². The molecule has 5 heteroatoms. The Morgan fingerprint density at radius 3 is 2.77 bits per heavy atom. The monoisotopic (exact) mass is 319 g/mol. The molecule has 0 radical (unpaired) electrons. The van der Waals surface area contributed by atoms with Crippen molar-refractivity contribution in [2.45, 2.75) is 19.5 Å². The molecule has 1 aliphatic heterocycles. The Balaban J connectivity index is 0.00000176. The van der Waals surface area contributed by atoms with E-state index in [1.54, 1.807) is 12.1 Å². The van der Waals surface area contributed by atoms with Gasteiger partial charge in [-0.2, -0.15) is 0 Å². The third-order valence-electron chi connectivity index (χ3n) is 3.82. The van der Waals surface area contributed by atoms with E-state index in [1.165, 1.54) is 11.1 Å². The number of carboxylic acid groups (broad SMARTS) is 1. The van der Waals surface area contributed by atoms with Gasteiger partial charge in [-0.3, -0.25) is 0 Å².